The van der Waals surface area contributed by atoms with Crippen molar-refractivity contribution >= 4 is 17.4 Å². The van der Waals surface area contributed by atoms with E-state index >= 15 is 0 Å². The Morgan fingerprint density at radius 3 is 3.13 bits per heavy atom. The van der Waals surface area contributed by atoms with E-state index in [0.717, 1.165) is 19.5 Å². The Hall–Kier alpha value is -1.01. The summed E-state index contributed by atoms with van der Waals surface area (Å²) in [7, 11) is 0. The molecule has 15 heavy (non-hydrogen) atoms. The molecule has 1 aliphatic rings. The van der Waals surface area contributed by atoms with Crippen LogP contribution in [0.2, 0.25) is 0 Å². The lowest BCUT2D eigenvalue weighted by molar-refractivity contribution is 0.0658. The number of likely N-dealkylation sites (tertiary alicyclic amines) is 1. The molecule has 5 nitrogen and oxygen atoms in total. The van der Waals surface area contributed by atoms with Gasteiger partial charge in [-0.25, -0.2) is 0 Å². The van der Waals surface area contributed by atoms with E-state index in [1.165, 1.54) is 11.5 Å². The third kappa shape index (κ3) is 2.15. The Morgan fingerprint density at radius 1 is 1.73 bits per heavy atom. The highest BCUT2D eigenvalue weighted by Gasteiger charge is 2.27. The molecule has 1 amide bonds. The zero-order valence-electron chi connectivity index (χ0n) is 8.59. The van der Waals surface area contributed by atoms with Crippen molar-refractivity contribution in [1.29, 1.82) is 0 Å². The van der Waals surface area contributed by atoms with E-state index in [1.807, 2.05) is 4.90 Å². The minimum Gasteiger partial charge on any atom is -0.337 e. The van der Waals surface area contributed by atoms with E-state index in [0.29, 0.717) is 11.6 Å². The van der Waals surface area contributed by atoms with Crippen molar-refractivity contribution in [3.8, 4) is 0 Å². The Kier molecular flexibility index (Phi) is 2.97. The molecule has 0 spiro atoms. The first-order valence-electron chi connectivity index (χ1n) is 5.00. The van der Waals surface area contributed by atoms with Gasteiger partial charge in [0.1, 0.15) is 0 Å². The molecular formula is C9H14N4OS. The highest BCUT2D eigenvalue weighted by atomic mass is 32.1. The molecule has 0 saturated carbocycles. The smallest absolute Gasteiger partial charge is 0.275 e. The monoisotopic (exact) mass is 226 g/mol. The first-order valence-corrected chi connectivity index (χ1v) is 5.84. The van der Waals surface area contributed by atoms with Crippen molar-refractivity contribution in [3.63, 3.8) is 0 Å². The maximum atomic E-state index is 11.9. The van der Waals surface area contributed by atoms with Crippen LogP contribution in [0.3, 0.4) is 0 Å². The molecule has 0 radical (unpaired) electrons. The van der Waals surface area contributed by atoms with Gasteiger partial charge in [0.05, 0.1) is 0 Å². The minimum absolute atomic E-state index is 0.0255. The van der Waals surface area contributed by atoms with Gasteiger partial charge >= 0.3 is 0 Å². The SMILES string of the molecule is CC1CN(C(=O)c2csnn2)CCC1N. The Balaban J connectivity index is 2.03. The molecule has 2 atom stereocenters. The number of hydrogen-bond acceptors (Lipinski definition) is 5. The van der Waals surface area contributed by atoms with E-state index in [2.05, 4.69) is 16.5 Å². The predicted molar refractivity (Wildman–Crippen MR) is 57.6 cm³/mol. The summed E-state index contributed by atoms with van der Waals surface area (Å²) in [5.74, 6) is 0.330. The van der Waals surface area contributed by atoms with Gasteiger partial charge in [0.15, 0.2) is 5.69 Å². The van der Waals surface area contributed by atoms with Gasteiger partial charge in [-0.2, -0.15) is 0 Å². The van der Waals surface area contributed by atoms with E-state index < -0.39 is 0 Å². The number of carbonyl (C=O) groups excluding carboxylic acids is 1. The van der Waals surface area contributed by atoms with Crippen LogP contribution in [0.25, 0.3) is 0 Å². The number of hydrogen-bond donors (Lipinski definition) is 1. The number of carbonyl (C=O) groups is 1. The normalized spacial score (nSPS) is 26.7. The number of nitrogens with two attached hydrogens (primary N) is 1. The van der Waals surface area contributed by atoms with Crippen LogP contribution in [0.5, 0.6) is 0 Å². The lowest BCUT2D eigenvalue weighted by Gasteiger charge is -2.34. The van der Waals surface area contributed by atoms with Crippen molar-refractivity contribution < 1.29 is 4.79 Å². The van der Waals surface area contributed by atoms with E-state index in [4.69, 9.17) is 5.73 Å². The molecule has 82 valence electrons. The number of amides is 1. The zero-order valence-corrected chi connectivity index (χ0v) is 9.41. The van der Waals surface area contributed by atoms with Crippen LogP contribution in [0, 0.1) is 5.92 Å². The quantitative estimate of drug-likeness (QED) is 0.750. The molecule has 1 fully saturated rings. The van der Waals surface area contributed by atoms with Crippen LogP contribution in [0.4, 0.5) is 0 Å². The summed E-state index contributed by atoms with van der Waals surface area (Å²) in [6, 6.07) is 0.211. The summed E-state index contributed by atoms with van der Waals surface area (Å²) >= 11 is 1.20. The van der Waals surface area contributed by atoms with Crippen molar-refractivity contribution in [2.45, 2.75) is 19.4 Å². The maximum absolute atomic E-state index is 11.9. The van der Waals surface area contributed by atoms with Gasteiger partial charge in [-0.1, -0.05) is 11.4 Å². The second kappa shape index (κ2) is 4.24. The molecule has 1 aromatic heterocycles. The average Bonchev–Trinajstić information content (AvgIpc) is 2.74. The summed E-state index contributed by atoms with van der Waals surface area (Å²) in [5.41, 5.74) is 6.34. The summed E-state index contributed by atoms with van der Waals surface area (Å²) in [4.78, 5) is 13.7. The number of rotatable bonds is 1. The third-order valence-corrected chi connectivity index (χ3v) is 3.34. The highest BCUT2D eigenvalue weighted by molar-refractivity contribution is 7.03. The van der Waals surface area contributed by atoms with Gasteiger partial charge < -0.3 is 10.6 Å². The summed E-state index contributed by atoms with van der Waals surface area (Å²) < 4.78 is 3.69. The summed E-state index contributed by atoms with van der Waals surface area (Å²) in [6.07, 6.45) is 0.866. The molecule has 0 aromatic carbocycles. The van der Waals surface area contributed by atoms with Crippen LogP contribution in [0.1, 0.15) is 23.8 Å². The molecule has 2 rings (SSSR count). The zero-order chi connectivity index (χ0) is 10.8. The van der Waals surface area contributed by atoms with E-state index in [9.17, 15) is 4.79 Å². The van der Waals surface area contributed by atoms with Gasteiger partial charge in [-0.05, 0) is 23.9 Å². The fourth-order valence-electron chi connectivity index (χ4n) is 1.77. The molecule has 1 aromatic rings. The Labute approximate surface area is 92.4 Å². The van der Waals surface area contributed by atoms with Crippen molar-refractivity contribution in [3.05, 3.63) is 11.1 Å². The van der Waals surface area contributed by atoms with Gasteiger partial charge in [0.2, 0.25) is 0 Å². The Bertz CT molecular complexity index is 340. The van der Waals surface area contributed by atoms with Crippen molar-refractivity contribution in [2.24, 2.45) is 11.7 Å². The van der Waals surface area contributed by atoms with Crippen LogP contribution in [-0.2, 0) is 0 Å². The van der Waals surface area contributed by atoms with Crippen LogP contribution < -0.4 is 5.73 Å². The number of nitrogens with zero attached hydrogens (tertiary/aromatic N) is 3. The molecule has 1 aliphatic heterocycles. The molecule has 2 heterocycles. The standard InChI is InChI=1S/C9H14N4OS/c1-6-4-13(3-2-7(6)10)9(14)8-5-15-12-11-8/h5-7H,2-4,10H2,1H3. The first kappa shape index (κ1) is 10.5. The largest absolute Gasteiger partial charge is 0.337 e. The maximum Gasteiger partial charge on any atom is 0.275 e. The predicted octanol–water partition coefficient (Wildman–Crippen LogP) is 0.347. The molecule has 2 unspecified atom stereocenters. The topological polar surface area (TPSA) is 72.1 Å². The summed E-state index contributed by atoms with van der Waals surface area (Å²) in [5, 5.41) is 5.46. The van der Waals surface area contributed by atoms with Crippen LogP contribution in [0.15, 0.2) is 5.38 Å². The average molecular weight is 226 g/mol. The van der Waals surface area contributed by atoms with Gasteiger partial charge in [0, 0.05) is 24.5 Å². The lowest BCUT2D eigenvalue weighted by atomic mass is 9.95. The third-order valence-electron chi connectivity index (χ3n) is 2.84. The highest BCUT2D eigenvalue weighted by Crippen LogP contribution is 2.16. The molecular weight excluding hydrogens is 212 g/mol. The number of aromatic nitrogens is 2. The fraction of sp³-hybridized carbons (Fsp3) is 0.667. The van der Waals surface area contributed by atoms with Crippen molar-refractivity contribution in [1.82, 2.24) is 14.5 Å². The van der Waals surface area contributed by atoms with Crippen LogP contribution >= 0.6 is 11.5 Å². The fourth-order valence-corrected chi connectivity index (χ4v) is 2.20. The van der Waals surface area contributed by atoms with E-state index in [1.54, 1.807) is 5.38 Å². The first-order chi connectivity index (χ1) is 7.18. The second-order valence-corrected chi connectivity index (χ2v) is 4.58. The second-order valence-electron chi connectivity index (χ2n) is 3.97. The Morgan fingerprint density at radius 2 is 2.53 bits per heavy atom. The van der Waals surface area contributed by atoms with Gasteiger partial charge in [0.25, 0.3) is 5.91 Å². The molecule has 0 bridgehead atoms. The van der Waals surface area contributed by atoms with Crippen LogP contribution in [-0.4, -0.2) is 39.5 Å². The molecule has 1 saturated heterocycles. The van der Waals surface area contributed by atoms with E-state index in [-0.39, 0.29) is 11.9 Å². The molecule has 0 aliphatic carbocycles. The number of piperidine rings is 1. The lowest BCUT2D eigenvalue weighted by Crippen LogP contribution is -2.48. The van der Waals surface area contributed by atoms with Gasteiger partial charge in [-0.15, -0.1) is 5.10 Å². The summed E-state index contributed by atoms with van der Waals surface area (Å²) in [6.45, 7) is 3.52. The van der Waals surface area contributed by atoms with Crippen molar-refractivity contribution in [2.75, 3.05) is 13.1 Å². The molecule has 2 N–H and O–H groups in total. The van der Waals surface area contributed by atoms with Gasteiger partial charge in [-0.3, -0.25) is 4.79 Å². The molecule has 6 heteroatoms. The minimum atomic E-state index is -0.0255.